The second kappa shape index (κ2) is 5.54. The molecule has 0 bridgehead atoms. The van der Waals surface area contributed by atoms with Crippen LogP contribution in [0.4, 0.5) is 0 Å². The van der Waals surface area contributed by atoms with Gasteiger partial charge in [0, 0.05) is 23.4 Å². The Labute approximate surface area is 117 Å². The van der Waals surface area contributed by atoms with Gasteiger partial charge in [0.25, 0.3) is 15.0 Å². The Bertz CT molecular complexity index is 574. The zero-order valence-electron chi connectivity index (χ0n) is 10.5. The Kier molecular flexibility index (Phi) is 4.20. The number of carbonyl (C=O) groups excluding carboxylic acids is 1. The lowest BCUT2D eigenvalue weighted by molar-refractivity contribution is 0.0989. The summed E-state index contributed by atoms with van der Waals surface area (Å²) in [5.41, 5.74) is 5.48. The first-order chi connectivity index (χ1) is 8.88. The lowest BCUT2D eigenvalue weighted by Gasteiger charge is -2.22. The predicted molar refractivity (Wildman–Crippen MR) is 72.6 cm³/mol. The Morgan fingerprint density at radius 2 is 2.00 bits per heavy atom. The number of nitrogens with two attached hydrogens (primary N) is 1. The first-order valence-corrected chi connectivity index (χ1v) is 8.63. The lowest BCUT2D eigenvalue weighted by atomic mass is 9.89. The lowest BCUT2D eigenvalue weighted by Crippen LogP contribution is -2.20. The third-order valence-corrected chi connectivity index (χ3v) is 4.91. The number of primary amides is 1. The molecule has 19 heavy (non-hydrogen) atoms. The normalized spacial score (nSPS) is 17.5. The number of amides is 1. The number of nitrogens with zero attached hydrogens (tertiary/aromatic N) is 1. The molecule has 106 valence electrons. The van der Waals surface area contributed by atoms with Gasteiger partial charge in [-0.2, -0.15) is 0 Å². The number of aromatic nitrogens is 1. The molecule has 0 radical (unpaired) electrons. The summed E-state index contributed by atoms with van der Waals surface area (Å²) in [6.07, 6.45) is 7.19. The van der Waals surface area contributed by atoms with E-state index in [4.69, 9.17) is 16.4 Å². The Hall–Kier alpha value is -1.01. The fraction of sp³-hybridized carbons (Fsp3) is 0.583. The van der Waals surface area contributed by atoms with Crippen molar-refractivity contribution in [1.82, 2.24) is 4.57 Å². The summed E-state index contributed by atoms with van der Waals surface area (Å²) in [4.78, 5) is 11.3. The number of hydrogen-bond donors (Lipinski definition) is 1. The van der Waals surface area contributed by atoms with Crippen LogP contribution in [0.25, 0.3) is 0 Å². The second-order valence-corrected chi connectivity index (χ2v) is 7.59. The molecular formula is C12H17ClN2O3S. The summed E-state index contributed by atoms with van der Waals surface area (Å²) >= 11 is 0. The van der Waals surface area contributed by atoms with E-state index in [-0.39, 0.29) is 10.6 Å². The maximum atomic E-state index is 11.4. The van der Waals surface area contributed by atoms with Crippen LogP contribution in [-0.4, -0.2) is 18.9 Å². The van der Waals surface area contributed by atoms with Crippen molar-refractivity contribution in [2.75, 3.05) is 0 Å². The van der Waals surface area contributed by atoms with Crippen LogP contribution in [0.3, 0.4) is 0 Å². The SMILES string of the molecule is NC(=O)c1cc(S(=O)(=O)Cl)cn1CC1CCCCC1. The van der Waals surface area contributed by atoms with Gasteiger partial charge in [-0.25, -0.2) is 8.42 Å². The van der Waals surface area contributed by atoms with Gasteiger partial charge in [0.2, 0.25) is 0 Å². The van der Waals surface area contributed by atoms with E-state index in [1.54, 1.807) is 4.57 Å². The van der Waals surface area contributed by atoms with Crippen LogP contribution in [0.2, 0.25) is 0 Å². The van der Waals surface area contributed by atoms with E-state index in [0.29, 0.717) is 12.5 Å². The Morgan fingerprint density at radius 3 is 2.53 bits per heavy atom. The van der Waals surface area contributed by atoms with Crippen molar-refractivity contribution in [1.29, 1.82) is 0 Å². The highest BCUT2D eigenvalue weighted by Gasteiger charge is 2.21. The van der Waals surface area contributed by atoms with Gasteiger partial charge < -0.3 is 10.3 Å². The highest BCUT2D eigenvalue weighted by Crippen LogP contribution is 2.27. The summed E-state index contributed by atoms with van der Waals surface area (Å²) in [7, 11) is 1.46. The maximum absolute atomic E-state index is 11.4. The van der Waals surface area contributed by atoms with Crippen LogP contribution in [0.1, 0.15) is 42.6 Å². The summed E-state index contributed by atoms with van der Waals surface area (Å²) in [5.74, 6) is -0.174. The van der Waals surface area contributed by atoms with Crippen LogP contribution in [0, 0.1) is 5.92 Å². The smallest absolute Gasteiger partial charge is 0.265 e. The zero-order chi connectivity index (χ0) is 14.0. The quantitative estimate of drug-likeness (QED) is 0.865. The molecule has 1 heterocycles. The number of halogens is 1. The average Bonchev–Trinajstić information content (AvgIpc) is 2.74. The van der Waals surface area contributed by atoms with Crippen LogP contribution in [-0.2, 0) is 15.6 Å². The topological polar surface area (TPSA) is 82.2 Å². The minimum atomic E-state index is -3.84. The zero-order valence-corrected chi connectivity index (χ0v) is 12.1. The van der Waals surface area contributed by atoms with Crippen molar-refractivity contribution < 1.29 is 13.2 Å². The van der Waals surface area contributed by atoms with Crippen molar-refractivity contribution in [3.8, 4) is 0 Å². The van der Waals surface area contributed by atoms with Gasteiger partial charge in [0.15, 0.2) is 0 Å². The second-order valence-electron chi connectivity index (χ2n) is 5.02. The number of rotatable bonds is 4. The van der Waals surface area contributed by atoms with Crippen molar-refractivity contribution in [3.63, 3.8) is 0 Å². The molecule has 0 aliphatic heterocycles. The van der Waals surface area contributed by atoms with Gasteiger partial charge in [0.05, 0.1) is 0 Å². The third-order valence-electron chi connectivity index (χ3n) is 3.59. The summed E-state index contributed by atoms with van der Waals surface area (Å²) in [6, 6.07) is 1.24. The minimum Gasteiger partial charge on any atom is -0.364 e. The van der Waals surface area contributed by atoms with Crippen molar-refractivity contribution in [2.24, 2.45) is 11.7 Å². The third kappa shape index (κ3) is 3.51. The fourth-order valence-corrected chi connectivity index (χ4v) is 3.38. The molecule has 1 aliphatic rings. The van der Waals surface area contributed by atoms with Gasteiger partial charge in [-0.3, -0.25) is 4.79 Å². The van der Waals surface area contributed by atoms with Gasteiger partial charge in [-0.05, 0) is 24.8 Å². The fourth-order valence-electron chi connectivity index (χ4n) is 2.62. The van der Waals surface area contributed by atoms with Crippen molar-refractivity contribution in [3.05, 3.63) is 18.0 Å². The molecule has 0 saturated heterocycles. The molecule has 2 rings (SSSR count). The summed E-state index contributed by atoms with van der Waals surface area (Å²) in [5, 5.41) is 0. The van der Waals surface area contributed by atoms with Gasteiger partial charge in [-0.1, -0.05) is 19.3 Å². The molecule has 5 nitrogen and oxygen atoms in total. The molecule has 0 aromatic carbocycles. The van der Waals surface area contributed by atoms with Crippen molar-refractivity contribution in [2.45, 2.75) is 43.5 Å². The van der Waals surface area contributed by atoms with Gasteiger partial charge in [-0.15, -0.1) is 0 Å². The highest BCUT2D eigenvalue weighted by molar-refractivity contribution is 8.13. The van der Waals surface area contributed by atoms with Gasteiger partial charge in [0.1, 0.15) is 10.6 Å². The molecule has 1 saturated carbocycles. The van der Waals surface area contributed by atoms with Crippen LogP contribution >= 0.6 is 10.7 Å². The molecule has 1 aromatic rings. The van der Waals surface area contributed by atoms with E-state index >= 15 is 0 Å². The minimum absolute atomic E-state index is 0.0706. The van der Waals surface area contributed by atoms with E-state index in [1.165, 1.54) is 31.5 Å². The molecule has 1 aromatic heterocycles. The summed E-state index contributed by atoms with van der Waals surface area (Å²) in [6.45, 7) is 0.616. The highest BCUT2D eigenvalue weighted by atomic mass is 35.7. The van der Waals surface area contributed by atoms with E-state index in [0.717, 1.165) is 12.8 Å². The Morgan fingerprint density at radius 1 is 1.37 bits per heavy atom. The largest absolute Gasteiger partial charge is 0.364 e. The first kappa shape index (κ1) is 14.4. The Balaban J connectivity index is 2.27. The molecular weight excluding hydrogens is 288 g/mol. The van der Waals surface area contributed by atoms with E-state index in [9.17, 15) is 13.2 Å². The van der Waals surface area contributed by atoms with E-state index in [2.05, 4.69) is 0 Å². The van der Waals surface area contributed by atoms with Crippen LogP contribution in [0.15, 0.2) is 17.2 Å². The first-order valence-electron chi connectivity index (χ1n) is 6.32. The molecule has 0 unspecified atom stereocenters. The molecule has 1 amide bonds. The maximum Gasteiger partial charge on any atom is 0.265 e. The van der Waals surface area contributed by atoms with E-state index < -0.39 is 15.0 Å². The number of carbonyl (C=O) groups is 1. The molecule has 1 aliphatic carbocycles. The molecule has 0 spiro atoms. The van der Waals surface area contributed by atoms with E-state index in [1.807, 2.05) is 0 Å². The van der Waals surface area contributed by atoms with Gasteiger partial charge >= 0.3 is 0 Å². The molecule has 0 atom stereocenters. The summed E-state index contributed by atoms with van der Waals surface area (Å²) < 4.78 is 24.2. The average molecular weight is 305 g/mol. The molecule has 2 N–H and O–H groups in total. The standard InChI is InChI=1S/C12H17ClN2O3S/c13-19(17,18)10-6-11(12(14)16)15(8-10)7-9-4-2-1-3-5-9/h6,8-9H,1-5,7H2,(H2,14,16). The molecule has 1 fully saturated rings. The van der Waals surface area contributed by atoms with Crippen LogP contribution < -0.4 is 5.73 Å². The van der Waals surface area contributed by atoms with Crippen LogP contribution in [0.5, 0.6) is 0 Å². The predicted octanol–water partition coefficient (Wildman–Crippen LogP) is 2.09. The monoisotopic (exact) mass is 304 g/mol. The molecule has 7 heteroatoms. The number of hydrogen-bond acceptors (Lipinski definition) is 3. The van der Waals surface area contributed by atoms with Crippen molar-refractivity contribution >= 4 is 25.6 Å².